The summed E-state index contributed by atoms with van der Waals surface area (Å²) in [6.45, 7) is 8.53. The second-order valence-electron chi connectivity index (χ2n) is 5.93. The zero-order valence-electron chi connectivity index (χ0n) is 13.7. The number of hydrogen-bond donors (Lipinski definition) is 1. The standard InChI is InChI=1S/C15H22N6O.ClH/c1-10-8-20(7-6-16-10)14(22)5-4-13-11(2)19-15-17-9-18-21(15)12(13)3;/h9-10,16H,4-8H2,1-3H3;1H. The van der Waals surface area contributed by atoms with Gasteiger partial charge in [-0.15, -0.1) is 12.4 Å². The maximum absolute atomic E-state index is 12.4. The zero-order valence-corrected chi connectivity index (χ0v) is 14.6. The molecule has 3 heterocycles. The zero-order chi connectivity index (χ0) is 15.7. The molecule has 1 aliphatic heterocycles. The van der Waals surface area contributed by atoms with E-state index in [1.54, 1.807) is 4.52 Å². The van der Waals surface area contributed by atoms with Gasteiger partial charge in [0.1, 0.15) is 6.33 Å². The summed E-state index contributed by atoms with van der Waals surface area (Å²) in [4.78, 5) is 22.9. The number of nitrogens with zero attached hydrogens (tertiary/aromatic N) is 5. The van der Waals surface area contributed by atoms with Crippen LogP contribution in [0.15, 0.2) is 6.33 Å². The van der Waals surface area contributed by atoms with Crippen molar-refractivity contribution in [3.8, 4) is 0 Å². The van der Waals surface area contributed by atoms with Crippen LogP contribution in [-0.2, 0) is 11.2 Å². The first-order chi connectivity index (χ1) is 10.6. The quantitative estimate of drug-likeness (QED) is 0.900. The fourth-order valence-corrected chi connectivity index (χ4v) is 3.07. The van der Waals surface area contributed by atoms with Crippen LogP contribution in [0.25, 0.3) is 5.78 Å². The molecule has 0 aromatic carbocycles. The number of aryl methyl sites for hydroxylation is 2. The second-order valence-corrected chi connectivity index (χ2v) is 5.93. The molecule has 1 aliphatic rings. The van der Waals surface area contributed by atoms with Crippen molar-refractivity contribution >= 4 is 24.1 Å². The average Bonchev–Trinajstić information content (AvgIpc) is 2.95. The molecule has 3 rings (SSSR count). The summed E-state index contributed by atoms with van der Waals surface area (Å²) in [6, 6.07) is 0.370. The predicted octanol–water partition coefficient (Wildman–Crippen LogP) is 0.916. The van der Waals surface area contributed by atoms with Crippen LogP contribution >= 0.6 is 12.4 Å². The van der Waals surface area contributed by atoms with E-state index in [1.807, 2.05) is 18.7 Å². The van der Waals surface area contributed by atoms with E-state index in [2.05, 4.69) is 27.3 Å². The summed E-state index contributed by atoms with van der Waals surface area (Å²) in [5.41, 5.74) is 3.04. The van der Waals surface area contributed by atoms with Crippen LogP contribution in [0.4, 0.5) is 0 Å². The molecule has 7 nitrogen and oxygen atoms in total. The second kappa shape index (κ2) is 7.23. The molecule has 2 aromatic rings. The number of carbonyl (C=O) groups excluding carboxylic acids is 1. The first kappa shape index (κ1) is 17.6. The van der Waals surface area contributed by atoms with Crippen LogP contribution in [0.1, 0.15) is 30.3 Å². The number of fused-ring (bicyclic) bond motifs is 1. The van der Waals surface area contributed by atoms with E-state index < -0.39 is 0 Å². The minimum Gasteiger partial charge on any atom is -0.340 e. The number of hydrogen-bond acceptors (Lipinski definition) is 5. The van der Waals surface area contributed by atoms with Gasteiger partial charge in [-0.05, 0) is 32.8 Å². The van der Waals surface area contributed by atoms with Crippen molar-refractivity contribution in [3.05, 3.63) is 23.3 Å². The third-order valence-corrected chi connectivity index (χ3v) is 4.30. The third-order valence-electron chi connectivity index (χ3n) is 4.30. The summed E-state index contributed by atoms with van der Waals surface area (Å²) < 4.78 is 1.74. The highest BCUT2D eigenvalue weighted by atomic mass is 35.5. The Bertz CT molecular complexity index is 701. The Kier molecular flexibility index (Phi) is 5.54. The van der Waals surface area contributed by atoms with E-state index >= 15 is 0 Å². The molecule has 1 unspecified atom stereocenters. The van der Waals surface area contributed by atoms with E-state index in [-0.39, 0.29) is 18.3 Å². The molecule has 126 valence electrons. The smallest absolute Gasteiger partial charge is 0.252 e. The summed E-state index contributed by atoms with van der Waals surface area (Å²) in [6.07, 6.45) is 2.71. The molecule has 1 fully saturated rings. The Morgan fingerprint density at radius 2 is 2.22 bits per heavy atom. The van der Waals surface area contributed by atoms with Gasteiger partial charge < -0.3 is 10.2 Å². The highest BCUT2D eigenvalue weighted by molar-refractivity contribution is 5.85. The van der Waals surface area contributed by atoms with E-state index in [9.17, 15) is 4.79 Å². The van der Waals surface area contributed by atoms with Crippen LogP contribution in [-0.4, -0.2) is 56.1 Å². The summed E-state index contributed by atoms with van der Waals surface area (Å²) in [5.74, 6) is 0.826. The summed E-state index contributed by atoms with van der Waals surface area (Å²) in [7, 11) is 0. The number of carbonyl (C=O) groups is 1. The van der Waals surface area contributed by atoms with Gasteiger partial charge in [0.15, 0.2) is 0 Å². The van der Waals surface area contributed by atoms with E-state index in [1.165, 1.54) is 6.33 Å². The molecule has 0 aliphatic carbocycles. The monoisotopic (exact) mass is 338 g/mol. The van der Waals surface area contributed by atoms with Crippen molar-refractivity contribution in [2.24, 2.45) is 0 Å². The fourth-order valence-electron chi connectivity index (χ4n) is 3.07. The van der Waals surface area contributed by atoms with Gasteiger partial charge in [-0.1, -0.05) is 0 Å². The maximum atomic E-state index is 12.4. The largest absolute Gasteiger partial charge is 0.340 e. The summed E-state index contributed by atoms with van der Waals surface area (Å²) in [5, 5.41) is 7.54. The molecular weight excluding hydrogens is 316 g/mol. The van der Waals surface area contributed by atoms with Crippen LogP contribution in [0.5, 0.6) is 0 Å². The molecule has 1 amide bonds. The topological polar surface area (TPSA) is 75.4 Å². The Hall–Kier alpha value is -1.73. The Morgan fingerprint density at radius 1 is 1.43 bits per heavy atom. The molecule has 8 heteroatoms. The Labute approximate surface area is 141 Å². The maximum Gasteiger partial charge on any atom is 0.252 e. The van der Waals surface area contributed by atoms with Gasteiger partial charge in [-0.2, -0.15) is 10.1 Å². The Morgan fingerprint density at radius 3 is 2.96 bits per heavy atom. The van der Waals surface area contributed by atoms with Gasteiger partial charge in [0, 0.05) is 43.5 Å². The van der Waals surface area contributed by atoms with E-state index in [0.717, 1.165) is 36.6 Å². The number of nitrogens with one attached hydrogen (secondary N) is 1. The minimum absolute atomic E-state index is 0. The fraction of sp³-hybridized carbons (Fsp3) is 0.600. The van der Waals surface area contributed by atoms with Gasteiger partial charge in [0.25, 0.3) is 5.78 Å². The molecular formula is C15H23ClN6O. The van der Waals surface area contributed by atoms with Gasteiger partial charge in [-0.25, -0.2) is 9.50 Å². The molecule has 2 aromatic heterocycles. The van der Waals surface area contributed by atoms with E-state index in [0.29, 0.717) is 24.7 Å². The summed E-state index contributed by atoms with van der Waals surface area (Å²) >= 11 is 0. The molecule has 0 radical (unpaired) electrons. The molecule has 0 bridgehead atoms. The number of piperazine rings is 1. The lowest BCUT2D eigenvalue weighted by Gasteiger charge is -2.32. The van der Waals surface area contributed by atoms with Gasteiger partial charge in [0.2, 0.25) is 5.91 Å². The van der Waals surface area contributed by atoms with Crippen molar-refractivity contribution in [1.29, 1.82) is 0 Å². The van der Waals surface area contributed by atoms with Crippen LogP contribution in [0.2, 0.25) is 0 Å². The molecule has 1 atom stereocenters. The number of aromatic nitrogens is 4. The lowest BCUT2D eigenvalue weighted by atomic mass is 10.1. The van der Waals surface area contributed by atoms with Crippen molar-refractivity contribution < 1.29 is 4.79 Å². The van der Waals surface area contributed by atoms with Crippen LogP contribution < -0.4 is 5.32 Å². The van der Waals surface area contributed by atoms with Crippen molar-refractivity contribution in [2.75, 3.05) is 19.6 Å². The number of rotatable bonds is 3. The lowest BCUT2D eigenvalue weighted by Crippen LogP contribution is -2.51. The number of amides is 1. The van der Waals surface area contributed by atoms with Crippen molar-refractivity contribution in [3.63, 3.8) is 0 Å². The molecule has 1 saturated heterocycles. The molecule has 0 saturated carbocycles. The first-order valence-corrected chi connectivity index (χ1v) is 7.73. The molecule has 23 heavy (non-hydrogen) atoms. The SMILES string of the molecule is Cc1nc2ncnn2c(C)c1CCC(=O)N1CCNC(C)C1.Cl. The molecule has 1 N–H and O–H groups in total. The van der Waals surface area contributed by atoms with Crippen molar-refractivity contribution in [1.82, 2.24) is 29.8 Å². The number of halogens is 1. The highest BCUT2D eigenvalue weighted by Crippen LogP contribution is 2.15. The minimum atomic E-state index is 0. The lowest BCUT2D eigenvalue weighted by molar-refractivity contribution is -0.132. The van der Waals surface area contributed by atoms with Gasteiger partial charge in [-0.3, -0.25) is 4.79 Å². The average molecular weight is 339 g/mol. The van der Waals surface area contributed by atoms with E-state index in [4.69, 9.17) is 0 Å². The normalized spacial score (nSPS) is 18.0. The van der Waals surface area contributed by atoms with Crippen LogP contribution in [0.3, 0.4) is 0 Å². The van der Waals surface area contributed by atoms with Gasteiger partial charge in [0.05, 0.1) is 0 Å². The van der Waals surface area contributed by atoms with Crippen molar-refractivity contribution in [2.45, 2.75) is 39.7 Å². The first-order valence-electron chi connectivity index (χ1n) is 7.73. The Balaban J connectivity index is 0.00000192. The van der Waals surface area contributed by atoms with Crippen LogP contribution in [0, 0.1) is 13.8 Å². The highest BCUT2D eigenvalue weighted by Gasteiger charge is 2.21. The third kappa shape index (κ3) is 3.61. The van der Waals surface area contributed by atoms with Gasteiger partial charge >= 0.3 is 0 Å². The molecule has 0 spiro atoms. The predicted molar refractivity (Wildman–Crippen MR) is 89.9 cm³/mol.